The van der Waals surface area contributed by atoms with Gasteiger partial charge in [0.2, 0.25) is 5.91 Å². The van der Waals surface area contributed by atoms with Crippen molar-refractivity contribution < 1.29 is 9.21 Å². The molecule has 1 atom stereocenters. The highest BCUT2D eigenvalue weighted by molar-refractivity contribution is 6.31. The average molecular weight is 393 g/mol. The molecule has 1 aliphatic rings. The van der Waals surface area contributed by atoms with E-state index in [0.717, 1.165) is 51.0 Å². The van der Waals surface area contributed by atoms with Crippen molar-refractivity contribution >= 4 is 34.6 Å². The Morgan fingerprint density at radius 1 is 1.33 bits per heavy atom. The number of aromatic nitrogens is 1. The Morgan fingerprint density at radius 3 is 2.93 bits per heavy atom. The van der Waals surface area contributed by atoms with Crippen molar-refractivity contribution in [1.29, 1.82) is 0 Å². The van der Waals surface area contributed by atoms with Crippen LogP contribution in [0, 0.1) is 5.92 Å². The second-order valence-electron chi connectivity index (χ2n) is 7.74. The van der Waals surface area contributed by atoms with E-state index < -0.39 is 0 Å². The maximum absolute atomic E-state index is 12.5. The number of hydrogen-bond acceptors (Lipinski definition) is 5. The summed E-state index contributed by atoms with van der Waals surface area (Å²) in [4.78, 5) is 23.3. The summed E-state index contributed by atoms with van der Waals surface area (Å²) in [5.74, 6) is 0.561. The van der Waals surface area contributed by atoms with Crippen LogP contribution in [0.15, 0.2) is 22.6 Å². The summed E-state index contributed by atoms with van der Waals surface area (Å²) < 4.78 is 5.89. The maximum atomic E-state index is 12.5. The van der Waals surface area contributed by atoms with Crippen LogP contribution < -0.4 is 4.90 Å². The number of carbonyl (C=O) groups is 1. The predicted molar refractivity (Wildman–Crippen MR) is 109 cm³/mol. The topological polar surface area (TPSA) is 52.8 Å². The summed E-state index contributed by atoms with van der Waals surface area (Å²) in [6.07, 6.45) is 3.69. The third-order valence-electron chi connectivity index (χ3n) is 5.12. The summed E-state index contributed by atoms with van der Waals surface area (Å²) in [5.41, 5.74) is 1.52. The summed E-state index contributed by atoms with van der Waals surface area (Å²) in [6.45, 7) is 3.51. The fourth-order valence-corrected chi connectivity index (χ4v) is 3.74. The van der Waals surface area contributed by atoms with Gasteiger partial charge in [0.05, 0.1) is 0 Å². The molecule has 1 unspecified atom stereocenters. The first kappa shape index (κ1) is 20.0. The summed E-state index contributed by atoms with van der Waals surface area (Å²) in [6, 6.07) is 6.11. The first-order chi connectivity index (χ1) is 12.9. The van der Waals surface area contributed by atoms with Crippen molar-refractivity contribution in [3.05, 3.63) is 23.2 Å². The molecular formula is C20H29ClN4O2. The number of fused-ring (bicyclic) bond motifs is 1. The van der Waals surface area contributed by atoms with Gasteiger partial charge in [0, 0.05) is 44.2 Å². The van der Waals surface area contributed by atoms with E-state index >= 15 is 0 Å². The van der Waals surface area contributed by atoms with Gasteiger partial charge < -0.3 is 19.1 Å². The van der Waals surface area contributed by atoms with E-state index in [4.69, 9.17) is 16.0 Å². The van der Waals surface area contributed by atoms with Crippen LogP contribution in [0.4, 0.5) is 6.01 Å². The van der Waals surface area contributed by atoms with Crippen LogP contribution >= 0.6 is 11.6 Å². The minimum absolute atomic E-state index is 0.227. The van der Waals surface area contributed by atoms with E-state index in [2.05, 4.69) is 28.9 Å². The second-order valence-corrected chi connectivity index (χ2v) is 8.18. The molecule has 148 valence electrons. The van der Waals surface area contributed by atoms with Crippen molar-refractivity contribution in [3.8, 4) is 0 Å². The highest BCUT2D eigenvalue weighted by Gasteiger charge is 2.26. The van der Waals surface area contributed by atoms with Crippen molar-refractivity contribution in [1.82, 2.24) is 14.8 Å². The fourth-order valence-electron chi connectivity index (χ4n) is 3.58. The Labute approximate surface area is 166 Å². The normalized spacial score (nSPS) is 17.7. The lowest BCUT2D eigenvalue weighted by molar-refractivity contribution is -0.131. The fraction of sp³-hybridized carbons (Fsp3) is 0.600. The zero-order chi connectivity index (χ0) is 19.4. The Morgan fingerprint density at radius 2 is 2.15 bits per heavy atom. The molecule has 0 bridgehead atoms. The third-order valence-corrected chi connectivity index (χ3v) is 5.35. The molecule has 2 heterocycles. The van der Waals surface area contributed by atoms with Gasteiger partial charge in [0.25, 0.3) is 6.01 Å². The molecule has 27 heavy (non-hydrogen) atoms. The number of amides is 1. The van der Waals surface area contributed by atoms with Gasteiger partial charge in [0.1, 0.15) is 5.52 Å². The predicted octanol–water partition coefficient (Wildman–Crippen LogP) is 3.50. The molecule has 6 nitrogen and oxygen atoms in total. The molecule has 0 spiro atoms. The number of benzene rings is 1. The van der Waals surface area contributed by atoms with Gasteiger partial charge in [-0.1, -0.05) is 11.6 Å². The van der Waals surface area contributed by atoms with Crippen molar-refractivity contribution in [3.63, 3.8) is 0 Å². The summed E-state index contributed by atoms with van der Waals surface area (Å²) >= 11 is 6.03. The number of rotatable bonds is 7. The van der Waals surface area contributed by atoms with Crippen molar-refractivity contribution in [2.24, 2.45) is 5.92 Å². The molecule has 7 heteroatoms. The third kappa shape index (κ3) is 5.36. The molecule has 0 radical (unpaired) electrons. The summed E-state index contributed by atoms with van der Waals surface area (Å²) in [7, 11) is 6.01. The van der Waals surface area contributed by atoms with Gasteiger partial charge in [-0.15, -0.1) is 0 Å². The average Bonchev–Trinajstić information content (AvgIpc) is 3.04. The summed E-state index contributed by atoms with van der Waals surface area (Å²) in [5, 5.41) is 0.643. The highest BCUT2D eigenvalue weighted by atomic mass is 35.5. The van der Waals surface area contributed by atoms with Crippen LogP contribution in [-0.4, -0.2) is 68.0 Å². The van der Waals surface area contributed by atoms with Crippen LogP contribution in [0.25, 0.3) is 11.1 Å². The van der Waals surface area contributed by atoms with Gasteiger partial charge in [-0.3, -0.25) is 4.79 Å². The van der Waals surface area contributed by atoms with Gasteiger partial charge in [-0.2, -0.15) is 4.98 Å². The van der Waals surface area contributed by atoms with Crippen LogP contribution in [0.5, 0.6) is 0 Å². The van der Waals surface area contributed by atoms with Gasteiger partial charge >= 0.3 is 0 Å². The number of halogens is 1. The Bertz CT molecular complexity index is 776. The van der Waals surface area contributed by atoms with E-state index in [9.17, 15) is 4.79 Å². The van der Waals surface area contributed by atoms with Gasteiger partial charge in [-0.05, 0) is 58.0 Å². The van der Waals surface area contributed by atoms with E-state index in [0.29, 0.717) is 29.0 Å². The number of hydrogen-bond donors (Lipinski definition) is 0. The van der Waals surface area contributed by atoms with E-state index in [1.165, 1.54) is 0 Å². The van der Waals surface area contributed by atoms with Gasteiger partial charge in [0.15, 0.2) is 5.58 Å². The van der Waals surface area contributed by atoms with Gasteiger partial charge in [-0.25, -0.2) is 0 Å². The maximum Gasteiger partial charge on any atom is 0.298 e. The molecule has 0 N–H and O–H groups in total. The monoisotopic (exact) mass is 392 g/mol. The first-order valence-corrected chi connectivity index (χ1v) is 10.00. The minimum Gasteiger partial charge on any atom is -0.423 e. The molecule has 1 aliphatic heterocycles. The zero-order valence-electron chi connectivity index (χ0n) is 16.4. The van der Waals surface area contributed by atoms with Crippen molar-refractivity contribution in [2.45, 2.75) is 25.7 Å². The Hall–Kier alpha value is -1.79. The quantitative estimate of drug-likeness (QED) is 0.721. The molecule has 1 aromatic heterocycles. The van der Waals surface area contributed by atoms with Crippen LogP contribution in [-0.2, 0) is 4.79 Å². The van der Waals surface area contributed by atoms with Crippen LogP contribution in [0.2, 0.25) is 5.02 Å². The largest absolute Gasteiger partial charge is 0.423 e. The van der Waals surface area contributed by atoms with E-state index in [1.807, 2.05) is 24.1 Å². The minimum atomic E-state index is 0.227. The van der Waals surface area contributed by atoms with Crippen molar-refractivity contribution in [2.75, 3.05) is 52.2 Å². The molecule has 0 saturated carbocycles. The number of oxazole rings is 1. The molecule has 2 aromatic rings. The standard InChI is InChI=1S/C20H29ClN4O2/c1-23(2)9-5-10-24(3)19(26)12-15-6-4-11-25(14-15)20-22-17-8-7-16(21)13-18(17)27-20/h7-8,13,15H,4-6,9-12,14H2,1-3H3. The number of piperidine rings is 1. The van der Waals surface area contributed by atoms with E-state index in [-0.39, 0.29) is 5.91 Å². The molecule has 1 fully saturated rings. The SMILES string of the molecule is CN(C)CCCN(C)C(=O)CC1CCCN(c2nc3ccc(Cl)cc3o2)C1. The molecular weight excluding hydrogens is 364 g/mol. The molecule has 0 aliphatic carbocycles. The second kappa shape index (κ2) is 8.93. The number of nitrogens with zero attached hydrogens (tertiary/aromatic N) is 4. The molecule has 1 amide bonds. The lowest BCUT2D eigenvalue weighted by atomic mass is 9.94. The van der Waals surface area contributed by atoms with E-state index in [1.54, 1.807) is 6.07 Å². The number of carbonyl (C=O) groups excluding carboxylic acids is 1. The smallest absolute Gasteiger partial charge is 0.298 e. The Kier molecular flexibility index (Phi) is 6.60. The van der Waals surface area contributed by atoms with Crippen LogP contribution in [0.1, 0.15) is 25.7 Å². The zero-order valence-corrected chi connectivity index (χ0v) is 17.2. The lowest BCUT2D eigenvalue weighted by Gasteiger charge is -2.32. The lowest BCUT2D eigenvalue weighted by Crippen LogP contribution is -2.39. The molecule has 3 rings (SSSR count). The first-order valence-electron chi connectivity index (χ1n) is 9.62. The Balaban J connectivity index is 1.56. The van der Waals surface area contributed by atoms with Crippen LogP contribution in [0.3, 0.4) is 0 Å². The number of anilines is 1. The highest BCUT2D eigenvalue weighted by Crippen LogP contribution is 2.29. The molecule has 1 aromatic carbocycles. The molecule has 1 saturated heterocycles.